The lowest BCUT2D eigenvalue weighted by Gasteiger charge is -2.20. The van der Waals surface area contributed by atoms with Gasteiger partial charge in [0, 0.05) is 12.8 Å². The molecule has 0 N–H and O–H groups in total. The summed E-state index contributed by atoms with van der Waals surface area (Å²) < 4.78 is 16.4. The van der Waals surface area contributed by atoms with Gasteiger partial charge in [0.1, 0.15) is 0 Å². The van der Waals surface area contributed by atoms with Gasteiger partial charge in [-0.2, -0.15) is 0 Å². The van der Waals surface area contributed by atoms with E-state index in [-0.39, 0.29) is 18.1 Å². The molecule has 0 saturated heterocycles. The van der Waals surface area contributed by atoms with Gasteiger partial charge in [-0.3, -0.25) is 4.79 Å². The van der Waals surface area contributed by atoms with E-state index >= 15 is 0 Å². The van der Waals surface area contributed by atoms with Crippen molar-refractivity contribution in [3.05, 3.63) is 0 Å². The first-order valence-corrected chi connectivity index (χ1v) is 18.5. The van der Waals surface area contributed by atoms with E-state index in [1.165, 1.54) is 0 Å². The molecule has 0 aliphatic carbocycles. The van der Waals surface area contributed by atoms with Crippen LogP contribution in [-0.4, -0.2) is 42.6 Å². The lowest BCUT2D eigenvalue weighted by Crippen LogP contribution is -2.34. The van der Waals surface area contributed by atoms with Crippen molar-refractivity contribution in [1.82, 2.24) is 0 Å². The number of hydrogen-bond acceptors (Lipinski definition) is 6. The van der Waals surface area contributed by atoms with Crippen molar-refractivity contribution >= 4 is 42.6 Å². The maximum atomic E-state index is 12.3. The van der Waals surface area contributed by atoms with Gasteiger partial charge >= 0.3 is 5.97 Å². The fourth-order valence-corrected chi connectivity index (χ4v) is 3.35. The molecule has 0 atom stereocenters. The van der Waals surface area contributed by atoms with E-state index in [0.717, 1.165) is 0 Å². The monoisotopic (exact) mass is 391 g/mol. The number of carbonyl (C=O) groups is 2. The molecule has 9 heteroatoms. The van der Waals surface area contributed by atoms with Crippen molar-refractivity contribution in [2.24, 2.45) is 5.16 Å². The Balaban J connectivity index is 4.78. The fraction of sp³-hybridized carbons (Fsp3) is 0.800. The summed E-state index contributed by atoms with van der Waals surface area (Å²) in [5, 5.41) is 4.03. The maximum Gasteiger partial charge on any atom is 0.342 e. The third-order valence-corrected chi connectivity index (χ3v) is 4.56. The molecule has 0 radical (unpaired) electrons. The van der Waals surface area contributed by atoms with Gasteiger partial charge in [0.05, 0.1) is 0 Å². The molecule has 0 heterocycles. The molecule has 0 fully saturated rings. The first-order valence-electron chi connectivity index (χ1n) is 8.29. The Morgan fingerprint density at radius 2 is 1.25 bits per heavy atom. The number of nitrogens with zero attached hydrogens (tertiary/aromatic N) is 1. The zero-order chi connectivity index (χ0) is 19.2. The van der Waals surface area contributed by atoms with Gasteiger partial charge in [0.2, 0.25) is 16.6 Å². The first kappa shape index (κ1) is 23.1. The number of rotatable bonds is 9. The number of oxime groups is 1. The van der Waals surface area contributed by atoms with Gasteiger partial charge < -0.3 is 13.4 Å². The topological polar surface area (TPSA) is 74.2 Å². The summed E-state index contributed by atoms with van der Waals surface area (Å²) in [7, 11) is -5.77. The molecule has 0 aromatic rings. The molecule has 0 rings (SSSR count). The molecule has 0 bridgehead atoms. The normalized spacial score (nSPS) is 13.5. The Kier molecular flexibility index (Phi) is 8.60. The highest BCUT2D eigenvalue weighted by Crippen LogP contribution is 2.11. The highest BCUT2D eigenvalue weighted by Gasteiger charge is 2.26. The van der Waals surface area contributed by atoms with Crippen LogP contribution in [-0.2, 0) is 23.0 Å². The van der Waals surface area contributed by atoms with Crippen molar-refractivity contribution < 1.29 is 23.0 Å². The van der Waals surface area contributed by atoms with Crippen LogP contribution in [0.1, 0.15) is 19.3 Å². The van der Waals surface area contributed by atoms with E-state index in [0.29, 0.717) is 12.8 Å². The smallest absolute Gasteiger partial charge is 0.342 e. The van der Waals surface area contributed by atoms with E-state index in [2.05, 4.69) is 5.16 Å². The second kappa shape index (κ2) is 8.95. The summed E-state index contributed by atoms with van der Waals surface area (Å²) in [5.74, 6) is -0.663. The molecule has 0 unspecified atom stereocenters. The predicted octanol–water partition coefficient (Wildman–Crippen LogP) is 4.12. The highest BCUT2D eigenvalue weighted by molar-refractivity contribution is 6.73. The molecule has 0 aromatic heterocycles. The van der Waals surface area contributed by atoms with Gasteiger partial charge in [-0.05, 0) is 65.3 Å². The zero-order valence-corrected chi connectivity index (χ0v) is 19.6. The van der Waals surface area contributed by atoms with Crippen LogP contribution in [0, 0.1) is 0 Å². The molecule has 0 amide bonds. The maximum absolute atomic E-state index is 12.3. The third kappa shape index (κ3) is 13.5. The minimum Gasteiger partial charge on any atom is -0.520 e. The predicted molar refractivity (Wildman–Crippen MR) is 105 cm³/mol. The van der Waals surface area contributed by atoms with Gasteiger partial charge in [-0.25, -0.2) is 4.79 Å². The van der Waals surface area contributed by atoms with E-state index in [9.17, 15) is 9.59 Å². The van der Waals surface area contributed by atoms with Crippen LogP contribution in [0.15, 0.2) is 5.16 Å². The lowest BCUT2D eigenvalue weighted by atomic mass is 10.2. The van der Waals surface area contributed by atoms with Crippen molar-refractivity contribution in [1.29, 1.82) is 0 Å². The molecule has 0 aromatic carbocycles. The average Bonchev–Trinajstić information content (AvgIpc) is 2.27. The second-order valence-corrected chi connectivity index (χ2v) is 21.9. The summed E-state index contributed by atoms with van der Waals surface area (Å²) in [6.07, 6.45) is 1.09. The zero-order valence-electron chi connectivity index (χ0n) is 16.6. The van der Waals surface area contributed by atoms with Crippen LogP contribution in [0.25, 0.3) is 0 Å². The van der Waals surface area contributed by atoms with Gasteiger partial charge in [0.25, 0.3) is 14.3 Å². The van der Waals surface area contributed by atoms with Crippen LogP contribution < -0.4 is 0 Å². The molecule has 0 saturated carbocycles. The van der Waals surface area contributed by atoms with E-state index in [1.54, 1.807) is 0 Å². The van der Waals surface area contributed by atoms with Gasteiger partial charge in [-0.15, -0.1) is 0 Å². The fourth-order valence-electron chi connectivity index (χ4n) is 1.51. The average molecular weight is 392 g/mol. The molecular weight excluding hydrogens is 358 g/mol. The summed E-state index contributed by atoms with van der Waals surface area (Å²) in [5.41, 5.74) is 0.251. The van der Waals surface area contributed by atoms with E-state index in [4.69, 9.17) is 13.4 Å². The molecule has 140 valence electrons. The summed E-state index contributed by atoms with van der Waals surface area (Å²) >= 11 is 0. The SMILES string of the molecule is C[Si](C)(C)O/N=C(\CCCC(=O)O[Si](C)(C)C)C(=O)O[Si](C)(C)C. The lowest BCUT2D eigenvalue weighted by molar-refractivity contribution is -0.135. The minimum atomic E-state index is -2.01. The van der Waals surface area contributed by atoms with Crippen molar-refractivity contribution in [2.45, 2.75) is 78.2 Å². The molecular formula is C15H33NO5Si3. The Morgan fingerprint density at radius 1 is 0.750 bits per heavy atom. The largest absolute Gasteiger partial charge is 0.520 e. The standard InChI is InChI=1S/C15H33NO5Si3/c1-22(2,3)19-14(17)12-10-11-13(16-21-24(7,8)9)15(18)20-23(4,5)6/h10-12H2,1-9H3/b16-13+. The van der Waals surface area contributed by atoms with E-state index in [1.807, 2.05) is 58.9 Å². The van der Waals surface area contributed by atoms with Crippen LogP contribution >= 0.6 is 0 Å². The summed E-state index contributed by atoms with van der Waals surface area (Å²) in [6, 6.07) is 0. The Hall–Kier alpha value is -0.939. The number of carbonyl (C=O) groups excluding carboxylic acids is 2. The molecule has 0 aliphatic heterocycles. The van der Waals surface area contributed by atoms with Crippen molar-refractivity contribution in [3.63, 3.8) is 0 Å². The van der Waals surface area contributed by atoms with Gasteiger partial charge in [0.15, 0.2) is 5.71 Å². The van der Waals surface area contributed by atoms with Crippen LogP contribution in [0.5, 0.6) is 0 Å². The molecule has 0 spiro atoms. The molecule has 6 nitrogen and oxygen atoms in total. The first-order chi connectivity index (χ1) is 10.6. The molecule has 24 heavy (non-hydrogen) atoms. The van der Waals surface area contributed by atoms with Crippen molar-refractivity contribution in [3.8, 4) is 0 Å². The number of hydrogen-bond donors (Lipinski definition) is 0. The Bertz CT molecular complexity index is 473. The van der Waals surface area contributed by atoms with E-state index < -0.39 is 30.9 Å². The van der Waals surface area contributed by atoms with Crippen LogP contribution in [0.4, 0.5) is 0 Å². The summed E-state index contributed by atoms with van der Waals surface area (Å²) in [4.78, 5) is 24.1. The Morgan fingerprint density at radius 3 is 1.67 bits per heavy atom. The second-order valence-electron chi connectivity index (χ2n) is 8.68. The van der Waals surface area contributed by atoms with Crippen LogP contribution in [0.2, 0.25) is 58.9 Å². The molecule has 0 aliphatic rings. The quantitative estimate of drug-likeness (QED) is 0.336. The highest BCUT2D eigenvalue weighted by atomic mass is 28.4. The van der Waals surface area contributed by atoms with Crippen LogP contribution in [0.3, 0.4) is 0 Å². The van der Waals surface area contributed by atoms with Crippen molar-refractivity contribution in [2.75, 3.05) is 0 Å². The third-order valence-electron chi connectivity index (χ3n) is 2.28. The Labute approximate surface area is 149 Å². The van der Waals surface area contributed by atoms with Gasteiger partial charge in [-0.1, -0.05) is 5.16 Å². The summed E-state index contributed by atoms with van der Waals surface area (Å²) in [6.45, 7) is 17.7. The minimum absolute atomic E-state index is 0.224.